The van der Waals surface area contributed by atoms with E-state index in [9.17, 15) is 15.0 Å². The molecule has 0 spiro atoms. The quantitative estimate of drug-likeness (QED) is 0.878. The largest absolute Gasteiger partial charge is 0.508 e. The molecule has 0 atom stereocenters. The van der Waals surface area contributed by atoms with Crippen LogP contribution in [-0.2, 0) is 10.2 Å². The summed E-state index contributed by atoms with van der Waals surface area (Å²) in [5, 5.41) is 19.0. The van der Waals surface area contributed by atoms with Crippen molar-refractivity contribution in [1.82, 2.24) is 0 Å². The molecule has 0 saturated heterocycles. The van der Waals surface area contributed by atoms with E-state index in [0.29, 0.717) is 12.8 Å². The van der Waals surface area contributed by atoms with E-state index in [1.165, 1.54) is 0 Å². The number of phenols is 2. The summed E-state index contributed by atoms with van der Waals surface area (Å²) in [4.78, 5) is 12.7. The minimum atomic E-state index is -0.740. The smallest absolute Gasteiger partial charge is 0.147 e. The predicted octanol–water partition coefficient (Wildman–Crippen LogP) is 3.77. The van der Waals surface area contributed by atoms with E-state index in [-0.39, 0.29) is 17.3 Å². The van der Waals surface area contributed by atoms with Crippen molar-refractivity contribution in [2.45, 2.75) is 32.1 Å². The number of carbonyl (C=O) groups excluding carboxylic acids is 1. The zero-order valence-corrected chi connectivity index (χ0v) is 12.3. The van der Waals surface area contributed by atoms with E-state index in [1.807, 2.05) is 13.8 Å². The van der Waals surface area contributed by atoms with Crippen molar-refractivity contribution in [2.75, 3.05) is 0 Å². The SMILES string of the molecule is CCC(=O)C(CC)(c1ccc(O)cc1)c1ccc(O)cc1. The van der Waals surface area contributed by atoms with Gasteiger partial charge >= 0.3 is 0 Å². The molecule has 0 aliphatic rings. The van der Waals surface area contributed by atoms with Crippen LogP contribution in [0.4, 0.5) is 0 Å². The van der Waals surface area contributed by atoms with Crippen LogP contribution in [0.15, 0.2) is 48.5 Å². The maximum Gasteiger partial charge on any atom is 0.147 e. The van der Waals surface area contributed by atoms with Crippen LogP contribution in [0.3, 0.4) is 0 Å². The first-order valence-electron chi connectivity index (χ1n) is 7.17. The van der Waals surface area contributed by atoms with Crippen LogP contribution in [0.25, 0.3) is 0 Å². The Morgan fingerprint density at radius 3 is 1.52 bits per heavy atom. The molecule has 0 radical (unpaired) electrons. The van der Waals surface area contributed by atoms with Gasteiger partial charge in [-0.15, -0.1) is 0 Å². The molecule has 2 N–H and O–H groups in total. The van der Waals surface area contributed by atoms with Crippen LogP contribution >= 0.6 is 0 Å². The molecule has 0 bridgehead atoms. The van der Waals surface area contributed by atoms with Gasteiger partial charge in [-0.05, 0) is 41.8 Å². The molecule has 3 nitrogen and oxygen atoms in total. The highest BCUT2D eigenvalue weighted by molar-refractivity contribution is 5.93. The third-order valence-corrected chi connectivity index (χ3v) is 4.05. The zero-order valence-electron chi connectivity index (χ0n) is 12.3. The minimum Gasteiger partial charge on any atom is -0.508 e. The molecule has 0 fully saturated rings. The Morgan fingerprint density at radius 1 is 0.857 bits per heavy atom. The van der Waals surface area contributed by atoms with Crippen molar-refractivity contribution in [3.63, 3.8) is 0 Å². The van der Waals surface area contributed by atoms with Gasteiger partial charge in [0.05, 0.1) is 5.41 Å². The first kappa shape index (κ1) is 15.1. The van der Waals surface area contributed by atoms with Crippen molar-refractivity contribution in [1.29, 1.82) is 0 Å². The third-order valence-electron chi connectivity index (χ3n) is 4.05. The van der Waals surface area contributed by atoms with E-state index in [2.05, 4.69) is 0 Å². The van der Waals surface area contributed by atoms with Gasteiger partial charge in [-0.3, -0.25) is 4.79 Å². The summed E-state index contributed by atoms with van der Waals surface area (Å²) in [7, 11) is 0. The number of rotatable bonds is 5. The molecular weight excluding hydrogens is 264 g/mol. The number of Topliss-reactive ketones (excluding diaryl/α,β-unsaturated/α-hetero) is 1. The Labute approximate surface area is 124 Å². The van der Waals surface area contributed by atoms with Crippen molar-refractivity contribution in [2.24, 2.45) is 0 Å². The summed E-state index contributed by atoms with van der Waals surface area (Å²) in [5.41, 5.74) is 0.983. The lowest BCUT2D eigenvalue weighted by Gasteiger charge is -2.32. The lowest BCUT2D eigenvalue weighted by Crippen LogP contribution is -2.36. The number of hydrogen-bond acceptors (Lipinski definition) is 3. The van der Waals surface area contributed by atoms with Crippen molar-refractivity contribution in [3.05, 3.63) is 59.7 Å². The molecule has 0 unspecified atom stereocenters. The number of aromatic hydroxyl groups is 2. The van der Waals surface area contributed by atoms with Crippen LogP contribution in [0.2, 0.25) is 0 Å². The Morgan fingerprint density at radius 2 is 1.24 bits per heavy atom. The molecule has 0 saturated carbocycles. The van der Waals surface area contributed by atoms with Crippen molar-refractivity contribution in [3.8, 4) is 11.5 Å². The van der Waals surface area contributed by atoms with Crippen LogP contribution in [0.1, 0.15) is 37.8 Å². The summed E-state index contributed by atoms with van der Waals surface area (Å²) < 4.78 is 0. The molecule has 0 aromatic heterocycles. The molecule has 3 heteroatoms. The van der Waals surface area contributed by atoms with Gasteiger partial charge < -0.3 is 10.2 Å². The average molecular weight is 284 g/mol. The van der Waals surface area contributed by atoms with Gasteiger partial charge in [-0.1, -0.05) is 38.1 Å². The normalized spacial score (nSPS) is 11.3. The number of carbonyl (C=O) groups is 1. The van der Waals surface area contributed by atoms with Crippen LogP contribution < -0.4 is 0 Å². The van der Waals surface area contributed by atoms with Crippen LogP contribution in [0, 0.1) is 0 Å². The lowest BCUT2D eigenvalue weighted by atomic mass is 9.68. The summed E-state index contributed by atoms with van der Waals surface area (Å²) >= 11 is 0. The van der Waals surface area contributed by atoms with E-state index < -0.39 is 5.41 Å². The van der Waals surface area contributed by atoms with Crippen molar-refractivity contribution >= 4 is 5.78 Å². The topological polar surface area (TPSA) is 57.5 Å². The summed E-state index contributed by atoms with van der Waals surface area (Å²) in [6, 6.07) is 13.6. The predicted molar refractivity (Wildman–Crippen MR) is 82.6 cm³/mol. The second-order valence-corrected chi connectivity index (χ2v) is 5.13. The van der Waals surface area contributed by atoms with Gasteiger partial charge in [0, 0.05) is 6.42 Å². The minimum absolute atomic E-state index is 0.126. The van der Waals surface area contributed by atoms with Gasteiger partial charge in [0.15, 0.2) is 0 Å². The summed E-state index contributed by atoms with van der Waals surface area (Å²) in [6.45, 7) is 3.83. The van der Waals surface area contributed by atoms with Gasteiger partial charge in [0.25, 0.3) is 0 Å². The molecule has 110 valence electrons. The number of ketones is 1. The van der Waals surface area contributed by atoms with Gasteiger partial charge in [0.2, 0.25) is 0 Å². The van der Waals surface area contributed by atoms with Gasteiger partial charge in [-0.25, -0.2) is 0 Å². The van der Waals surface area contributed by atoms with E-state index in [4.69, 9.17) is 0 Å². The lowest BCUT2D eigenvalue weighted by molar-refractivity contribution is -0.123. The molecule has 0 aliphatic heterocycles. The Balaban J connectivity index is 2.66. The van der Waals surface area contributed by atoms with Crippen molar-refractivity contribution < 1.29 is 15.0 Å². The van der Waals surface area contributed by atoms with Crippen LogP contribution in [-0.4, -0.2) is 16.0 Å². The third kappa shape index (κ3) is 2.64. The molecule has 0 heterocycles. The monoisotopic (exact) mass is 284 g/mol. The second kappa shape index (κ2) is 6.00. The van der Waals surface area contributed by atoms with Gasteiger partial charge in [-0.2, -0.15) is 0 Å². The summed E-state index contributed by atoms with van der Waals surface area (Å²) in [6.07, 6.45) is 1.05. The zero-order chi connectivity index (χ0) is 15.5. The highest BCUT2D eigenvalue weighted by atomic mass is 16.3. The maximum atomic E-state index is 12.7. The fourth-order valence-electron chi connectivity index (χ4n) is 2.89. The summed E-state index contributed by atoms with van der Waals surface area (Å²) in [5.74, 6) is 0.484. The standard InChI is InChI=1S/C18H20O3/c1-3-17(21)18(4-2,13-5-9-15(19)10-6-13)14-7-11-16(20)12-8-14/h5-12,19-20H,3-4H2,1-2H3. The first-order chi connectivity index (χ1) is 10.0. The van der Waals surface area contributed by atoms with Gasteiger partial charge in [0.1, 0.15) is 17.3 Å². The number of benzene rings is 2. The molecule has 2 rings (SSSR count). The highest BCUT2D eigenvalue weighted by Gasteiger charge is 2.38. The number of phenolic OH excluding ortho intramolecular Hbond substituents is 2. The molecule has 21 heavy (non-hydrogen) atoms. The molecule has 2 aromatic carbocycles. The first-order valence-corrected chi connectivity index (χ1v) is 7.17. The fraction of sp³-hybridized carbons (Fsp3) is 0.278. The molecule has 2 aromatic rings. The molecular formula is C18H20O3. The Kier molecular flexibility index (Phi) is 4.32. The maximum absolute atomic E-state index is 12.7. The average Bonchev–Trinajstić information content (AvgIpc) is 2.51. The molecule has 0 aliphatic carbocycles. The Hall–Kier alpha value is -2.29. The van der Waals surface area contributed by atoms with E-state index in [0.717, 1.165) is 11.1 Å². The second-order valence-electron chi connectivity index (χ2n) is 5.13. The van der Waals surface area contributed by atoms with E-state index in [1.54, 1.807) is 48.5 Å². The fourth-order valence-corrected chi connectivity index (χ4v) is 2.89. The highest BCUT2D eigenvalue weighted by Crippen LogP contribution is 2.38. The molecule has 0 amide bonds. The Bertz CT molecular complexity index is 566. The van der Waals surface area contributed by atoms with Crippen LogP contribution in [0.5, 0.6) is 11.5 Å². The number of hydrogen-bond donors (Lipinski definition) is 2. The van der Waals surface area contributed by atoms with E-state index >= 15 is 0 Å².